The highest BCUT2D eigenvalue weighted by Crippen LogP contribution is 2.35. The number of rotatable bonds is 6. The highest BCUT2D eigenvalue weighted by atomic mass is 35.5. The predicted octanol–water partition coefficient (Wildman–Crippen LogP) is 3.57. The highest BCUT2D eigenvalue weighted by Gasteiger charge is 2.08. The first-order chi connectivity index (χ1) is 7.72. The molecule has 1 rings (SSSR count). The van der Waals surface area contributed by atoms with Gasteiger partial charge in [0.25, 0.3) is 0 Å². The summed E-state index contributed by atoms with van der Waals surface area (Å²) in [7, 11) is 3.23. The molecule has 0 fully saturated rings. The fraction of sp³-hybridized carbons (Fsp3) is 0.500. The Morgan fingerprint density at radius 3 is 2.44 bits per heavy atom. The standard InChI is InChI=1S/C12H18ClNO2/c1-4-5-6-14-10-8-11(15-2)9(13)7-12(10)16-3/h7-8,14H,4-6H2,1-3H3. The van der Waals surface area contributed by atoms with Crippen LogP contribution in [0.2, 0.25) is 5.02 Å². The molecule has 0 aliphatic heterocycles. The van der Waals surface area contributed by atoms with E-state index in [1.807, 2.05) is 6.07 Å². The highest BCUT2D eigenvalue weighted by molar-refractivity contribution is 6.32. The molecule has 0 unspecified atom stereocenters. The van der Waals surface area contributed by atoms with Crippen LogP contribution in [0.4, 0.5) is 5.69 Å². The average molecular weight is 244 g/mol. The zero-order valence-electron chi connectivity index (χ0n) is 9.97. The van der Waals surface area contributed by atoms with Crippen LogP contribution in [0.5, 0.6) is 11.5 Å². The van der Waals surface area contributed by atoms with Crippen LogP contribution < -0.4 is 14.8 Å². The topological polar surface area (TPSA) is 30.5 Å². The number of nitrogens with one attached hydrogen (secondary N) is 1. The van der Waals surface area contributed by atoms with E-state index in [-0.39, 0.29) is 0 Å². The molecular formula is C12H18ClNO2. The van der Waals surface area contributed by atoms with Gasteiger partial charge >= 0.3 is 0 Å². The van der Waals surface area contributed by atoms with Crippen molar-refractivity contribution >= 4 is 17.3 Å². The van der Waals surface area contributed by atoms with Crippen molar-refractivity contribution in [2.75, 3.05) is 26.1 Å². The van der Waals surface area contributed by atoms with Crippen molar-refractivity contribution in [3.05, 3.63) is 17.2 Å². The van der Waals surface area contributed by atoms with E-state index < -0.39 is 0 Å². The minimum atomic E-state index is 0.556. The van der Waals surface area contributed by atoms with Crippen molar-refractivity contribution in [3.8, 4) is 11.5 Å². The molecule has 1 aromatic rings. The maximum absolute atomic E-state index is 6.01. The van der Waals surface area contributed by atoms with Gasteiger partial charge < -0.3 is 14.8 Å². The second-order valence-corrected chi connectivity index (χ2v) is 3.87. The van der Waals surface area contributed by atoms with Crippen LogP contribution in [0, 0.1) is 0 Å². The summed E-state index contributed by atoms with van der Waals surface area (Å²) in [4.78, 5) is 0. The molecule has 0 aromatic heterocycles. The molecule has 0 aliphatic carbocycles. The average Bonchev–Trinajstić information content (AvgIpc) is 2.30. The third-order valence-electron chi connectivity index (χ3n) is 2.32. The van der Waals surface area contributed by atoms with E-state index in [0.29, 0.717) is 10.8 Å². The molecule has 4 heteroatoms. The Morgan fingerprint density at radius 2 is 1.88 bits per heavy atom. The SMILES string of the molecule is CCCCNc1cc(OC)c(Cl)cc1OC. The van der Waals surface area contributed by atoms with Crippen LogP contribution in [0.15, 0.2) is 12.1 Å². The fourth-order valence-electron chi connectivity index (χ4n) is 1.40. The van der Waals surface area contributed by atoms with Crippen molar-refractivity contribution < 1.29 is 9.47 Å². The second-order valence-electron chi connectivity index (χ2n) is 3.47. The molecule has 0 bridgehead atoms. The van der Waals surface area contributed by atoms with Gasteiger partial charge in [0.2, 0.25) is 0 Å². The van der Waals surface area contributed by atoms with E-state index in [1.54, 1.807) is 20.3 Å². The fourth-order valence-corrected chi connectivity index (χ4v) is 1.63. The number of hydrogen-bond donors (Lipinski definition) is 1. The van der Waals surface area contributed by atoms with Gasteiger partial charge in [-0.05, 0) is 6.42 Å². The van der Waals surface area contributed by atoms with Crippen molar-refractivity contribution in [2.24, 2.45) is 0 Å². The van der Waals surface area contributed by atoms with Crippen molar-refractivity contribution in [2.45, 2.75) is 19.8 Å². The molecule has 0 amide bonds. The third-order valence-corrected chi connectivity index (χ3v) is 2.62. The Balaban J connectivity index is 2.86. The van der Waals surface area contributed by atoms with Gasteiger partial charge in [-0.1, -0.05) is 24.9 Å². The summed E-state index contributed by atoms with van der Waals surface area (Å²) in [6.45, 7) is 3.07. The van der Waals surface area contributed by atoms with Crippen molar-refractivity contribution in [1.82, 2.24) is 0 Å². The summed E-state index contributed by atoms with van der Waals surface area (Å²) in [5.41, 5.74) is 0.914. The largest absolute Gasteiger partial charge is 0.495 e. The molecule has 0 spiro atoms. The number of benzene rings is 1. The zero-order valence-corrected chi connectivity index (χ0v) is 10.7. The molecule has 16 heavy (non-hydrogen) atoms. The predicted molar refractivity (Wildman–Crippen MR) is 68.0 cm³/mol. The molecular weight excluding hydrogens is 226 g/mol. The van der Waals surface area contributed by atoms with Crippen LogP contribution in [-0.2, 0) is 0 Å². The van der Waals surface area contributed by atoms with Crippen molar-refractivity contribution in [3.63, 3.8) is 0 Å². The lowest BCUT2D eigenvalue weighted by atomic mass is 10.2. The Kier molecular flexibility index (Phi) is 5.26. The van der Waals surface area contributed by atoms with E-state index in [2.05, 4.69) is 12.2 Å². The van der Waals surface area contributed by atoms with Gasteiger partial charge in [-0.3, -0.25) is 0 Å². The van der Waals surface area contributed by atoms with E-state index in [1.165, 1.54) is 0 Å². The van der Waals surface area contributed by atoms with Gasteiger partial charge in [0.15, 0.2) is 0 Å². The monoisotopic (exact) mass is 243 g/mol. The maximum atomic E-state index is 6.01. The molecule has 0 aliphatic rings. The Bertz CT molecular complexity index is 342. The smallest absolute Gasteiger partial charge is 0.143 e. The molecule has 0 radical (unpaired) electrons. The number of halogens is 1. The lowest BCUT2D eigenvalue weighted by molar-refractivity contribution is 0.404. The van der Waals surface area contributed by atoms with Gasteiger partial charge in [0.05, 0.1) is 24.9 Å². The maximum Gasteiger partial charge on any atom is 0.143 e. The molecule has 0 atom stereocenters. The molecule has 3 nitrogen and oxygen atoms in total. The van der Waals surface area contributed by atoms with Crippen LogP contribution in [0.1, 0.15) is 19.8 Å². The quantitative estimate of drug-likeness (QED) is 0.775. The normalized spacial score (nSPS) is 10.0. The van der Waals surface area contributed by atoms with Gasteiger partial charge in [-0.25, -0.2) is 0 Å². The summed E-state index contributed by atoms with van der Waals surface area (Å²) < 4.78 is 10.4. The van der Waals surface area contributed by atoms with Crippen molar-refractivity contribution in [1.29, 1.82) is 0 Å². The Morgan fingerprint density at radius 1 is 1.19 bits per heavy atom. The molecule has 1 aromatic carbocycles. The number of anilines is 1. The molecule has 1 N–H and O–H groups in total. The Hall–Kier alpha value is -1.09. The zero-order chi connectivity index (χ0) is 12.0. The van der Waals surface area contributed by atoms with E-state index in [4.69, 9.17) is 21.1 Å². The minimum absolute atomic E-state index is 0.556. The number of hydrogen-bond acceptors (Lipinski definition) is 3. The second kappa shape index (κ2) is 6.48. The number of ether oxygens (including phenoxy) is 2. The molecule has 0 saturated carbocycles. The Labute approximate surface area is 102 Å². The van der Waals surface area contributed by atoms with Gasteiger partial charge in [-0.2, -0.15) is 0 Å². The summed E-state index contributed by atoms with van der Waals surface area (Å²) in [5.74, 6) is 1.39. The number of unbranched alkanes of at least 4 members (excludes halogenated alkanes) is 1. The first kappa shape index (κ1) is 13.0. The summed E-state index contributed by atoms with van der Waals surface area (Å²) in [6.07, 6.45) is 2.27. The van der Waals surface area contributed by atoms with E-state index in [9.17, 15) is 0 Å². The summed E-state index contributed by atoms with van der Waals surface area (Å²) in [6, 6.07) is 3.62. The summed E-state index contributed by atoms with van der Waals surface area (Å²) >= 11 is 6.01. The van der Waals surface area contributed by atoms with Gasteiger partial charge in [-0.15, -0.1) is 0 Å². The molecule has 90 valence electrons. The van der Waals surface area contributed by atoms with Gasteiger partial charge in [0, 0.05) is 18.7 Å². The minimum Gasteiger partial charge on any atom is -0.495 e. The third kappa shape index (κ3) is 3.20. The first-order valence-electron chi connectivity index (χ1n) is 5.38. The molecule has 0 heterocycles. The molecule has 0 saturated heterocycles. The van der Waals surface area contributed by atoms with E-state index in [0.717, 1.165) is 30.8 Å². The van der Waals surface area contributed by atoms with Crippen LogP contribution in [0.3, 0.4) is 0 Å². The lowest BCUT2D eigenvalue weighted by Crippen LogP contribution is -2.03. The van der Waals surface area contributed by atoms with Crippen LogP contribution in [-0.4, -0.2) is 20.8 Å². The van der Waals surface area contributed by atoms with Gasteiger partial charge in [0.1, 0.15) is 11.5 Å². The van der Waals surface area contributed by atoms with Crippen LogP contribution >= 0.6 is 11.6 Å². The van der Waals surface area contributed by atoms with Crippen LogP contribution in [0.25, 0.3) is 0 Å². The summed E-state index contributed by atoms with van der Waals surface area (Å²) in [5, 5.41) is 3.86. The number of methoxy groups -OCH3 is 2. The van der Waals surface area contributed by atoms with E-state index >= 15 is 0 Å². The first-order valence-corrected chi connectivity index (χ1v) is 5.76. The lowest BCUT2D eigenvalue weighted by Gasteiger charge is -2.13.